The molecule has 0 bridgehead atoms. The van der Waals surface area contributed by atoms with Crippen molar-refractivity contribution in [2.75, 3.05) is 18.4 Å². The molecule has 1 aliphatic rings. The molecule has 2 aromatic rings. The number of nitrogens with zero attached hydrogens (tertiary/aromatic N) is 3. The largest absolute Gasteiger partial charge is 0.391 e. The van der Waals surface area contributed by atoms with Gasteiger partial charge in [0.1, 0.15) is 0 Å². The molecule has 7 heteroatoms. The van der Waals surface area contributed by atoms with E-state index in [1.807, 2.05) is 12.1 Å². The van der Waals surface area contributed by atoms with Gasteiger partial charge in [-0.15, -0.1) is 0 Å². The van der Waals surface area contributed by atoms with Crippen LogP contribution in [0.3, 0.4) is 0 Å². The molecule has 0 radical (unpaired) electrons. The van der Waals surface area contributed by atoms with E-state index in [2.05, 4.69) is 15.5 Å². The van der Waals surface area contributed by atoms with E-state index in [4.69, 9.17) is 4.52 Å². The second-order valence-corrected chi connectivity index (χ2v) is 5.39. The summed E-state index contributed by atoms with van der Waals surface area (Å²) in [6, 6.07) is 7.06. The van der Waals surface area contributed by atoms with Crippen molar-refractivity contribution in [2.45, 2.75) is 25.9 Å². The van der Waals surface area contributed by atoms with E-state index < -0.39 is 6.10 Å². The van der Waals surface area contributed by atoms with Gasteiger partial charge in [0, 0.05) is 31.3 Å². The SMILES string of the molecule is Cc1nc(-c2cccc(NC(=O)N3CCCC(O)C3)c2)no1. The van der Waals surface area contributed by atoms with Gasteiger partial charge < -0.3 is 19.8 Å². The van der Waals surface area contributed by atoms with Crippen molar-refractivity contribution in [3.05, 3.63) is 30.2 Å². The Morgan fingerprint density at radius 1 is 1.50 bits per heavy atom. The predicted molar refractivity (Wildman–Crippen MR) is 80.3 cm³/mol. The number of urea groups is 1. The fourth-order valence-corrected chi connectivity index (χ4v) is 2.49. The number of rotatable bonds is 2. The molecule has 1 aliphatic heterocycles. The number of hydrogen-bond acceptors (Lipinski definition) is 5. The van der Waals surface area contributed by atoms with Crippen molar-refractivity contribution >= 4 is 11.7 Å². The first-order valence-electron chi connectivity index (χ1n) is 7.26. The van der Waals surface area contributed by atoms with Crippen LogP contribution in [0.5, 0.6) is 0 Å². The summed E-state index contributed by atoms with van der Waals surface area (Å²) >= 11 is 0. The number of aryl methyl sites for hydroxylation is 1. The lowest BCUT2D eigenvalue weighted by Crippen LogP contribution is -2.44. The molecule has 1 atom stereocenters. The number of hydrogen-bond donors (Lipinski definition) is 2. The highest BCUT2D eigenvalue weighted by Gasteiger charge is 2.22. The molecule has 1 aromatic carbocycles. The Morgan fingerprint density at radius 2 is 2.36 bits per heavy atom. The number of likely N-dealkylation sites (tertiary alicyclic amines) is 1. The third-order valence-electron chi connectivity index (χ3n) is 3.58. The minimum Gasteiger partial charge on any atom is -0.391 e. The van der Waals surface area contributed by atoms with Crippen molar-refractivity contribution in [1.29, 1.82) is 0 Å². The van der Waals surface area contributed by atoms with Crippen LogP contribution in [-0.2, 0) is 0 Å². The molecule has 1 saturated heterocycles. The van der Waals surface area contributed by atoms with E-state index in [1.165, 1.54) is 0 Å². The van der Waals surface area contributed by atoms with Crippen LogP contribution in [0.25, 0.3) is 11.4 Å². The van der Waals surface area contributed by atoms with Crippen LogP contribution >= 0.6 is 0 Å². The normalized spacial score (nSPS) is 18.3. The third-order valence-corrected chi connectivity index (χ3v) is 3.58. The number of anilines is 1. The molecule has 2 amide bonds. The Morgan fingerprint density at radius 3 is 3.09 bits per heavy atom. The van der Waals surface area contributed by atoms with Crippen molar-refractivity contribution in [2.24, 2.45) is 0 Å². The average molecular weight is 302 g/mol. The lowest BCUT2D eigenvalue weighted by atomic mass is 10.1. The summed E-state index contributed by atoms with van der Waals surface area (Å²) in [6.07, 6.45) is 1.13. The molecule has 3 rings (SSSR count). The van der Waals surface area contributed by atoms with E-state index in [-0.39, 0.29) is 6.03 Å². The van der Waals surface area contributed by atoms with Crippen molar-refractivity contribution < 1.29 is 14.4 Å². The fraction of sp³-hybridized carbons (Fsp3) is 0.400. The molecule has 1 unspecified atom stereocenters. The van der Waals surface area contributed by atoms with Crippen LogP contribution in [-0.4, -0.2) is 45.4 Å². The number of carbonyl (C=O) groups is 1. The highest BCUT2D eigenvalue weighted by atomic mass is 16.5. The number of aliphatic hydroxyl groups is 1. The summed E-state index contributed by atoms with van der Waals surface area (Å²) in [7, 11) is 0. The molecule has 0 spiro atoms. The number of benzene rings is 1. The maximum atomic E-state index is 12.2. The standard InChI is InChI=1S/C15H18N4O3/c1-10-16-14(18-22-10)11-4-2-5-12(8-11)17-15(21)19-7-3-6-13(20)9-19/h2,4-5,8,13,20H,3,6-7,9H2,1H3,(H,17,21). The molecule has 2 heterocycles. The zero-order chi connectivity index (χ0) is 15.5. The van der Waals surface area contributed by atoms with Crippen LogP contribution in [0.15, 0.2) is 28.8 Å². The third kappa shape index (κ3) is 3.25. The lowest BCUT2D eigenvalue weighted by Gasteiger charge is -2.30. The van der Waals surface area contributed by atoms with Crippen molar-refractivity contribution in [3.63, 3.8) is 0 Å². The molecule has 0 saturated carbocycles. The van der Waals surface area contributed by atoms with Gasteiger partial charge in [-0.25, -0.2) is 4.79 Å². The smallest absolute Gasteiger partial charge is 0.321 e. The van der Waals surface area contributed by atoms with Gasteiger partial charge in [0.05, 0.1) is 6.10 Å². The summed E-state index contributed by atoms with van der Waals surface area (Å²) in [5.41, 5.74) is 1.43. The molecule has 1 aromatic heterocycles. The molecule has 0 aliphatic carbocycles. The zero-order valence-corrected chi connectivity index (χ0v) is 12.3. The summed E-state index contributed by atoms with van der Waals surface area (Å²) in [5, 5.41) is 16.3. The Balaban J connectivity index is 1.71. The van der Waals surface area contributed by atoms with E-state index in [0.717, 1.165) is 18.4 Å². The maximum Gasteiger partial charge on any atom is 0.321 e. The number of β-amino-alcohol motifs (C(OH)–C–C–N with tert-alkyl or cyclic N) is 1. The maximum absolute atomic E-state index is 12.2. The highest BCUT2D eigenvalue weighted by Crippen LogP contribution is 2.20. The molecule has 7 nitrogen and oxygen atoms in total. The van der Waals surface area contributed by atoms with Gasteiger partial charge in [-0.3, -0.25) is 0 Å². The number of aliphatic hydroxyl groups excluding tert-OH is 1. The second kappa shape index (κ2) is 6.15. The van der Waals surface area contributed by atoms with E-state index in [0.29, 0.717) is 30.5 Å². The minimum absolute atomic E-state index is 0.208. The second-order valence-electron chi connectivity index (χ2n) is 5.39. The van der Waals surface area contributed by atoms with Crippen LogP contribution < -0.4 is 5.32 Å². The Hall–Kier alpha value is -2.41. The van der Waals surface area contributed by atoms with E-state index >= 15 is 0 Å². The molecule has 1 fully saturated rings. The van der Waals surface area contributed by atoms with Gasteiger partial charge in [-0.05, 0) is 25.0 Å². The summed E-state index contributed by atoms with van der Waals surface area (Å²) in [5.74, 6) is 0.980. The Labute approximate surface area is 127 Å². The Bertz CT molecular complexity index is 670. The first-order chi connectivity index (χ1) is 10.6. The number of amides is 2. The minimum atomic E-state index is -0.437. The van der Waals surface area contributed by atoms with Gasteiger partial charge >= 0.3 is 6.03 Å². The van der Waals surface area contributed by atoms with Gasteiger partial charge in [-0.2, -0.15) is 4.98 Å². The number of piperidine rings is 1. The first-order valence-corrected chi connectivity index (χ1v) is 7.26. The number of carbonyl (C=O) groups excluding carboxylic acids is 1. The van der Waals surface area contributed by atoms with Gasteiger partial charge in [0.15, 0.2) is 0 Å². The van der Waals surface area contributed by atoms with E-state index in [9.17, 15) is 9.90 Å². The van der Waals surface area contributed by atoms with Crippen molar-refractivity contribution in [3.8, 4) is 11.4 Å². The van der Waals surface area contributed by atoms with Gasteiger partial charge in [0.25, 0.3) is 0 Å². The first kappa shape index (κ1) is 14.5. The number of nitrogens with one attached hydrogen (secondary N) is 1. The monoisotopic (exact) mass is 302 g/mol. The van der Waals surface area contributed by atoms with Crippen LogP contribution in [0.1, 0.15) is 18.7 Å². The molecule has 116 valence electrons. The molecule has 22 heavy (non-hydrogen) atoms. The zero-order valence-electron chi connectivity index (χ0n) is 12.3. The lowest BCUT2D eigenvalue weighted by molar-refractivity contribution is 0.0883. The van der Waals surface area contributed by atoms with Crippen LogP contribution in [0.2, 0.25) is 0 Å². The summed E-state index contributed by atoms with van der Waals surface area (Å²) in [6.45, 7) is 2.76. The predicted octanol–water partition coefficient (Wildman–Crippen LogP) is 2.03. The van der Waals surface area contributed by atoms with E-state index in [1.54, 1.807) is 24.0 Å². The fourth-order valence-electron chi connectivity index (χ4n) is 2.49. The van der Waals surface area contributed by atoms with Gasteiger partial charge in [-0.1, -0.05) is 17.3 Å². The summed E-state index contributed by atoms with van der Waals surface area (Å²) < 4.78 is 4.96. The Kier molecular flexibility index (Phi) is 4.06. The quantitative estimate of drug-likeness (QED) is 0.885. The van der Waals surface area contributed by atoms with Gasteiger partial charge in [0.2, 0.25) is 11.7 Å². The molecular formula is C15H18N4O3. The molecule has 2 N–H and O–H groups in total. The number of aromatic nitrogens is 2. The average Bonchev–Trinajstić information content (AvgIpc) is 2.94. The highest BCUT2D eigenvalue weighted by molar-refractivity contribution is 5.90. The molecular weight excluding hydrogens is 284 g/mol. The summed E-state index contributed by atoms with van der Waals surface area (Å²) in [4.78, 5) is 18.0. The van der Waals surface area contributed by atoms with Crippen LogP contribution in [0.4, 0.5) is 10.5 Å². The van der Waals surface area contributed by atoms with Crippen LogP contribution in [0, 0.1) is 6.92 Å². The topological polar surface area (TPSA) is 91.5 Å². The van der Waals surface area contributed by atoms with Crippen molar-refractivity contribution in [1.82, 2.24) is 15.0 Å².